The van der Waals surface area contributed by atoms with E-state index in [2.05, 4.69) is 23.1 Å². The predicted molar refractivity (Wildman–Crippen MR) is 140 cm³/mol. The van der Waals surface area contributed by atoms with Crippen molar-refractivity contribution in [1.82, 2.24) is 4.90 Å². The van der Waals surface area contributed by atoms with Crippen molar-refractivity contribution in [2.75, 3.05) is 19.7 Å². The number of hydrogen-bond acceptors (Lipinski definition) is 3. The highest BCUT2D eigenvalue weighted by atomic mass is 35.5. The molecule has 1 N–H and O–H groups in total. The van der Waals surface area contributed by atoms with Gasteiger partial charge in [-0.05, 0) is 85.4 Å². The molecule has 1 heterocycles. The average molecular weight is 494 g/mol. The van der Waals surface area contributed by atoms with Gasteiger partial charge in [0.15, 0.2) is 0 Å². The number of piperidine rings is 1. The molecule has 0 amide bonds. The number of aliphatic hydroxyl groups is 1. The number of halogens is 2. The van der Waals surface area contributed by atoms with Gasteiger partial charge in [0, 0.05) is 35.8 Å². The van der Waals surface area contributed by atoms with E-state index in [4.69, 9.17) is 16.3 Å². The number of benzene rings is 3. The SMILES string of the molecule is CCOc1cc(C[C@H]2CCc3c(-c4ccccc4F)cccc32)c(Cl)cc1CN1CCC(O)CC1. The van der Waals surface area contributed by atoms with Gasteiger partial charge in [-0.2, -0.15) is 0 Å². The molecule has 0 aromatic heterocycles. The first kappa shape index (κ1) is 24.3. The second kappa shape index (κ2) is 10.7. The highest BCUT2D eigenvalue weighted by Gasteiger charge is 2.27. The molecule has 1 fully saturated rings. The van der Waals surface area contributed by atoms with Gasteiger partial charge >= 0.3 is 0 Å². The lowest BCUT2D eigenvalue weighted by Crippen LogP contribution is -2.35. The molecule has 2 aliphatic rings. The van der Waals surface area contributed by atoms with Crippen LogP contribution < -0.4 is 4.74 Å². The Labute approximate surface area is 212 Å². The molecule has 0 radical (unpaired) electrons. The zero-order valence-corrected chi connectivity index (χ0v) is 21.0. The number of rotatable bonds is 7. The maximum atomic E-state index is 14.5. The van der Waals surface area contributed by atoms with Gasteiger partial charge in [0.1, 0.15) is 11.6 Å². The maximum absolute atomic E-state index is 14.5. The summed E-state index contributed by atoms with van der Waals surface area (Å²) in [6.07, 6.45) is 4.25. The minimum Gasteiger partial charge on any atom is -0.494 e. The summed E-state index contributed by atoms with van der Waals surface area (Å²) in [4.78, 5) is 2.36. The Kier molecular flexibility index (Phi) is 7.43. The molecule has 0 bridgehead atoms. The summed E-state index contributed by atoms with van der Waals surface area (Å²) in [6.45, 7) is 5.16. The molecule has 0 unspecified atom stereocenters. The molecule has 1 atom stereocenters. The van der Waals surface area contributed by atoms with E-state index in [0.717, 1.165) is 79.2 Å². The summed E-state index contributed by atoms with van der Waals surface area (Å²) in [6, 6.07) is 17.5. The third kappa shape index (κ3) is 5.25. The van der Waals surface area contributed by atoms with Gasteiger partial charge in [0.2, 0.25) is 0 Å². The topological polar surface area (TPSA) is 32.7 Å². The van der Waals surface area contributed by atoms with Crippen LogP contribution in [0.3, 0.4) is 0 Å². The first-order valence-electron chi connectivity index (χ1n) is 12.7. The van der Waals surface area contributed by atoms with Gasteiger partial charge in [-0.15, -0.1) is 0 Å². The summed E-state index contributed by atoms with van der Waals surface area (Å²) < 4.78 is 20.6. The zero-order valence-electron chi connectivity index (χ0n) is 20.3. The molecule has 5 rings (SSSR count). The highest BCUT2D eigenvalue weighted by Crippen LogP contribution is 2.42. The van der Waals surface area contributed by atoms with E-state index in [1.807, 2.05) is 31.2 Å². The van der Waals surface area contributed by atoms with Crippen molar-refractivity contribution in [2.24, 2.45) is 0 Å². The standard InChI is InChI=1S/C30H33ClFNO2/c1-2-35-30-18-21(28(31)17-22(30)19-33-14-12-23(34)13-15-33)16-20-10-11-26-24(20)7-5-8-25(26)27-6-3-4-9-29(27)32/h3-9,17-18,20,23,34H,2,10-16,19H2,1H3/t20-/m1/s1. The predicted octanol–water partition coefficient (Wildman–Crippen LogP) is 6.77. The van der Waals surface area contributed by atoms with Crippen molar-refractivity contribution in [3.8, 4) is 16.9 Å². The fourth-order valence-corrected chi connectivity index (χ4v) is 5.94. The minimum absolute atomic E-state index is 0.174. The van der Waals surface area contributed by atoms with E-state index in [0.29, 0.717) is 18.1 Å². The Morgan fingerprint density at radius 1 is 1.00 bits per heavy atom. The summed E-state index contributed by atoms with van der Waals surface area (Å²) in [5.74, 6) is 1.07. The van der Waals surface area contributed by atoms with Crippen LogP contribution in [0.5, 0.6) is 5.75 Å². The van der Waals surface area contributed by atoms with E-state index in [9.17, 15) is 9.50 Å². The molecule has 3 nitrogen and oxygen atoms in total. The Bertz CT molecular complexity index is 1190. The number of likely N-dealkylation sites (tertiary alicyclic amines) is 1. The number of hydrogen-bond donors (Lipinski definition) is 1. The largest absolute Gasteiger partial charge is 0.494 e. The molecule has 1 aliphatic carbocycles. The lowest BCUT2D eigenvalue weighted by atomic mass is 9.90. The number of ether oxygens (including phenoxy) is 1. The molecule has 0 saturated carbocycles. The fraction of sp³-hybridized carbons (Fsp3) is 0.400. The van der Waals surface area contributed by atoms with E-state index in [1.165, 1.54) is 17.2 Å². The van der Waals surface area contributed by atoms with Crippen LogP contribution in [-0.4, -0.2) is 35.8 Å². The molecule has 5 heteroatoms. The molecule has 1 saturated heterocycles. The van der Waals surface area contributed by atoms with Gasteiger partial charge in [0.25, 0.3) is 0 Å². The second-order valence-corrected chi connectivity index (χ2v) is 10.2. The van der Waals surface area contributed by atoms with Crippen LogP contribution in [0.4, 0.5) is 4.39 Å². The first-order chi connectivity index (χ1) is 17.0. The van der Waals surface area contributed by atoms with Gasteiger partial charge in [0.05, 0.1) is 12.7 Å². The minimum atomic E-state index is -0.184. The smallest absolute Gasteiger partial charge is 0.131 e. The van der Waals surface area contributed by atoms with E-state index in [1.54, 1.807) is 6.07 Å². The van der Waals surface area contributed by atoms with Crippen LogP contribution in [0.15, 0.2) is 54.6 Å². The van der Waals surface area contributed by atoms with Crippen molar-refractivity contribution in [1.29, 1.82) is 0 Å². The molecule has 3 aromatic rings. The molecular weight excluding hydrogens is 461 g/mol. The van der Waals surface area contributed by atoms with Gasteiger partial charge in [-0.3, -0.25) is 4.90 Å². The monoisotopic (exact) mass is 493 g/mol. The zero-order chi connectivity index (χ0) is 24.4. The third-order valence-electron chi connectivity index (χ3n) is 7.51. The van der Waals surface area contributed by atoms with Gasteiger partial charge in [-0.1, -0.05) is 48.0 Å². The average Bonchev–Trinajstić information content (AvgIpc) is 3.27. The van der Waals surface area contributed by atoms with Crippen LogP contribution in [0.25, 0.3) is 11.1 Å². The van der Waals surface area contributed by atoms with Crippen LogP contribution >= 0.6 is 11.6 Å². The van der Waals surface area contributed by atoms with Crippen LogP contribution in [0.2, 0.25) is 5.02 Å². The lowest BCUT2D eigenvalue weighted by molar-refractivity contribution is 0.0788. The Balaban J connectivity index is 1.39. The maximum Gasteiger partial charge on any atom is 0.131 e. The molecule has 35 heavy (non-hydrogen) atoms. The summed E-state index contributed by atoms with van der Waals surface area (Å²) in [5.41, 5.74) is 6.44. The molecule has 3 aromatic carbocycles. The summed E-state index contributed by atoms with van der Waals surface area (Å²) in [7, 11) is 0. The summed E-state index contributed by atoms with van der Waals surface area (Å²) >= 11 is 6.83. The fourth-order valence-electron chi connectivity index (χ4n) is 5.67. The lowest BCUT2D eigenvalue weighted by Gasteiger charge is -2.30. The van der Waals surface area contributed by atoms with Crippen molar-refractivity contribution in [3.05, 3.63) is 87.7 Å². The van der Waals surface area contributed by atoms with Crippen LogP contribution in [-0.2, 0) is 19.4 Å². The normalized spacial score (nSPS) is 18.6. The highest BCUT2D eigenvalue weighted by molar-refractivity contribution is 6.31. The molecule has 0 spiro atoms. The number of nitrogens with zero attached hydrogens (tertiary/aromatic N) is 1. The quantitative estimate of drug-likeness (QED) is 0.394. The molecular formula is C30H33ClFNO2. The van der Waals surface area contributed by atoms with Crippen molar-refractivity contribution >= 4 is 11.6 Å². The Morgan fingerprint density at radius 3 is 2.54 bits per heavy atom. The molecule has 1 aliphatic heterocycles. The van der Waals surface area contributed by atoms with Gasteiger partial charge in [-0.25, -0.2) is 4.39 Å². The second-order valence-electron chi connectivity index (χ2n) is 9.78. The molecule has 184 valence electrons. The van der Waals surface area contributed by atoms with Crippen molar-refractivity contribution in [3.63, 3.8) is 0 Å². The number of aliphatic hydroxyl groups excluding tert-OH is 1. The van der Waals surface area contributed by atoms with Crippen molar-refractivity contribution < 1.29 is 14.2 Å². The van der Waals surface area contributed by atoms with E-state index < -0.39 is 0 Å². The summed E-state index contributed by atoms with van der Waals surface area (Å²) in [5, 5.41) is 10.6. The van der Waals surface area contributed by atoms with Crippen LogP contribution in [0.1, 0.15) is 54.4 Å². The Morgan fingerprint density at radius 2 is 1.77 bits per heavy atom. The Hall–Kier alpha value is -2.40. The third-order valence-corrected chi connectivity index (χ3v) is 7.86. The van der Waals surface area contributed by atoms with Crippen molar-refractivity contribution in [2.45, 2.75) is 57.6 Å². The van der Waals surface area contributed by atoms with E-state index in [-0.39, 0.29) is 11.9 Å². The van der Waals surface area contributed by atoms with Gasteiger partial charge < -0.3 is 9.84 Å². The van der Waals surface area contributed by atoms with E-state index >= 15 is 0 Å². The number of fused-ring (bicyclic) bond motifs is 1. The van der Waals surface area contributed by atoms with Crippen LogP contribution in [0, 0.1) is 5.82 Å². The first-order valence-corrected chi connectivity index (χ1v) is 13.1.